The van der Waals surface area contributed by atoms with Crippen LogP contribution in [0, 0.1) is 0 Å². The second-order valence-corrected chi connectivity index (χ2v) is 6.75. The number of carbonyl (C=O) groups excluding carboxylic acids is 1. The summed E-state index contributed by atoms with van der Waals surface area (Å²) in [5.74, 6) is 0.667. The summed E-state index contributed by atoms with van der Waals surface area (Å²) in [6.07, 6.45) is 2.08. The highest BCUT2D eigenvalue weighted by Gasteiger charge is 2.25. The standard InChI is InChI=1S/C20H17ClN4O3/c21-14-5-1-2-7-17(14)28-12-18(26)25-10-8-13-16(11-25)23-19(24-20(13)27)15-6-3-4-9-22-15/h1-7,9H,8,10-12H2,(H,23,24,27). The Kier molecular flexibility index (Phi) is 5.08. The van der Waals surface area contributed by atoms with Gasteiger partial charge in [-0.05, 0) is 30.7 Å². The predicted molar refractivity (Wildman–Crippen MR) is 104 cm³/mol. The summed E-state index contributed by atoms with van der Waals surface area (Å²) in [5.41, 5.74) is 1.58. The fourth-order valence-corrected chi connectivity index (χ4v) is 3.26. The van der Waals surface area contributed by atoms with E-state index in [1.165, 1.54) is 0 Å². The van der Waals surface area contributed by atoms with E-state index in [-0.39, 0.29) is 24.6 Å². The molecule has 0 saturated carbocycles. The van der Waals surface area contributed by atoms with E-state index in [9.17, 15) is 9.59 Å². The molecule has 1 amide bonds. The van der Waals surface area contributed by atoms with Crippen LogP contribution in [0.15, 0.2) is 53.5 Å². The molecule has 2 aromatic heterocycles. The fourth-order valence-electron chi connectivity index (χ4n) is 3.07. The largest absolute Gasteiger partial charge is 0.482 e. The van der Waals surface area contributed by atoms with Gasteiger partial charge in [0.2, 0.25) is 0 Å². The minimum Gasteiger partial charge on any atom is -0.482 e. The van der Waals surface area contributed by atoms with Gasteiger partial charge in [0.25, 0.3) is 11.5 Å². The Bertz CT molecular complexity index is 1070. The van der Waals surface area contributed by atoms with Crippen LogP contribution in [-0.4, -0.2) is 38.9 Å². The molecular formula is C20H17ClN4O3. The average Bonchev–Trinajstić information content (AvgIpc) is 2.73. The molecule has 0 bridgehead atoms. The summed E-state index contributed by atoms with van der Waals surface area (Å²) in [6, 6.07) is 12.4. The molecule has 0 spiro atoms. The number of hydrogen-bond acceptors (Lipinski definition) is 5. The van der Waals surface area contributed by atoms with Gasteiger partial charge >= 0.3 is 0 Å². The molecule has 8 heteroatoms. The number of ether oxygens (including phenoxy) is 1. The van der Waals surface area contributed by atoms with Crippen molar-refractivity contribution >= 4 is 17.5 Å². The van der Waals surface area contributed by atoms with Crippen LogP contribution in [0.25, 0.3) is 11.5 Å². The van der Waals surface area contributed by atoms with Crippen molar-refractivity contribution < 1.29 is 9.53 Å². The van der Waals surface area contributed by atoms with Gasteiger partial charge in [-0.3, -0.25) is 14.6 Å². The summed E-state index contributed by atoms with van der Waals surface area (Å²) in [6.45, 7) is 0.560. The van der Waals surface area contributed by atoms with E-state index in [1.807, 2.05) is 6.07 Å². The van der Waals surface area contributed by atoms with Gasteiger partial charge < -0.3 is 14.6 Å². The van der Waals surface area contributed by atoms with E-state index in [0.717, 1.165) is 0 Å². The highest BCUT2D eigenvalue weighted by molar-refractivity contribution is 6.32. The van der Waals surface area contributed by atoms with Crippen LogP contribution in [0.3, 0.4) is 0 Å². The number of carbonyl (C=O) groups is 1. The summed E-state index contributed by atoms with van der Waals surface area (Å²) in [4.78, 5) is 38.1. The lowest BCUT2D eigenvalue weighted by atomic mass is 10.1. The Labute approximate surface area is 166 Å². The zero-order valence-electron chi connectivity index (χ0n) is 14.9. The number of H-pyrrole nitrogens is 1. The normalized spacial score (nSPS) is 13.1. The molecule has 1 N–H and O–H groups in total. The fraction of sp³-hybridized carbons (Fsp3) is 0.200. The van der Waals surface area contributed by atoms with E-state index in [1.54, 1.807) is 47.5 Å². The first-order valence-electron chi connectivity index (χ1n) is 8.80. The van der Waals surface area contributed by atoms with Crippen molar-refractivity contribution in [2.75, 3.05) is 13.2 Å². The summed E-state index contributed by atoms with van der Waals surface area (Å²) >= 11 is 6.05. The number of benzene rings is 1. The first-order chi connectivity index (χ1) is 13.6. The number of para-hydroxylation sites is 1. The monoisotopic (exact) mass is 396 g/mol. The summed E-state index contributed by atoms with van der Waals surface area (Å²) in [7, 11) is 0. The van der Waals surface area contributed by atoms with Crippen LogP contribution in [0.5, 0.6) is 5.75 Å². The second kappa shape index (κ2) is 7.82. The number of halogens is 1. The Morgan fingerprint density at radius 3 is 2.82 bits per heavy atom. The van der Waals surface area contributed by atoms with Gasteiger partial charge in [-0.25, -0.2) is 4.98 Å². The van der Waals surface area contributed by atoms with Crippen molar-refractivity contribution in [3.8, 4) is 17.3 Å². The van der Waals surface area contributed by atoms with Crippen LogP contribution in [-0.2, 0) is 17.8 Å². The summed E-state index contributed by atoms with van der Waals surface area (Å²) in [5, 5.41) is 0.451. The first-order valence-corrected chi connectivity index (χ1v) is 9.18. The van der Waals surface area contributed by atoms with Crippen LogP contribution in [0.4, 0.5) is 0 Å². The Hall–Kier alpha value is -3.19. The second-order valence-electron chi connectivity index (χ2n) is 6.34. The minimum atomic E-state index is -0.190. The number of aromatic amines is 1. The molecular weight excluding hydrogens is 380 g/mol. The maximum absolute atomic E-state index is 12.6. The molecule has 1 aliphatic heterocycles. The Balaban J connectivity index is 1.51. The third kappa shape index (κ3) is 3.75. The molecule has 0 saturated heterocycles. The topological polar surface area (TPSA) is 88.2 Å². The average molecular weight is 397 g/mol. The molecule has 0 aliphatic carbocycles. The maximum Gasteiger partial charge on any atom is 0.260 e. The smallest absolute Gasteiger partial charge is 0.260 e. The number of hydrogen-bond donors (Lipinski definition) is 1. The maximum atomic E-state index is 12.6. The van der Waals surface area contributed by atoms with Gasteiger partial charge in [0.15, 0.2) is 12.4 Å². The molecule has 7 nitrogen and oxygen atoms in total. The van der Waals surface area contributed by atoms with Crippen LogP contribution in [0.1, 0.15) is 11.3 Å². The first kappa shape index (κ1) is 18.2. The number of nitrogens with zero attached hydrogens (tertiary/aromatic N) is 3. The van der Waals surface area contributed by atoms with Gasteiger partial charge in [0.05, 0.1) is 17.3 Å². The molecule has 0 atom stereocenters. The Morgan fingerprint density at radius 2 is 2.04 bits per heavy atom. The van der Waals surface area contributed by atoms with E-state index < -0.39 is 0 Å². The molecule has 142 valence electrons. The van der Waals surface area contributed by atoms with E-state index in [0.29, 0.717) is 46.5 Å². The van der Waals surface area contributed by atoms with Gasteiger partial charge in [0.1, 0.15) is 11.4 Å². The molecule has 0 unspecified atom stereocenters. The third-order valence-corrected chi connectivity index (χ3v) is 4.83. The van der Waals surface area contributed by atoms with Gasteiger partial charge in [-0.1, -0.05) is 29.8 Å². The zero-order valence-corrected chi connectivity index (χ0v) is 15.6. The van der Waals surface area contributed by atoms with Crippen LogP contribution < -0.4 is 10.3 Å². The third-order valence-electron chi connectivity index (χ3n) is 4.52. The Morgan fingerprint density at radius 1 is 1.21 bits per heavy atom. The number of rotatable bonds is 4. The molecule has 1 aromatic carbocycles. The quantitative estimate of drug-likeness (QED) is 0.731. The molecule has 1 aliphatic rings. The van der Waals surface area contributed by atoms with Crippen molar-refractivity contribution in [2.24, 2.45) is 0 Å². The van der Waals surface area contributed by atoms with Crippen molar-refractivity contribution in [1.29, 1.82) is 0 Å². The lowest BCUT2D eigenvalue weighted by Gasteiger charge is -2.27. The molecule has 0 fully saturated rings. The van der Waals surface area contributed by atoms with Crippen LogP contribution >= 0.6 is 11.6 Å². The number of amides is 1. The van der Waals surface area contributed by atoms with E-state index >= 15 is 0 Å². The van der Waals surface area contributed by atoms with Crippen molar-refractivity contribution in [2.45, 2.75) is 13.0 Å². The molecule has 28 heavy (non-hydrogen) atoms. The van der Waals surface area contributed by atoms with Crippen molar-refractivity contribution in [3.63, 3.8) is 0 Å². The number of nitrogens with one attached hydrogen (secondary N) is 1. The van der Waals surface area contributed by atoms with Crippen LogP contribution in [0.2, 0.25) is 5.02 Å². The SMILES string of the molecule is O=C(COc1ccccc1Cl)N1CCc2c(nc(-c3ccccn3)[nH]c2=O)C1. The highest BCUT2D eigenvalue weighted by atomic mass is 35.5. The minimum absolute atomic E-state index is 0.130. The number of pyridine rings is 1. The predicted octanol–water partition coefficient (Wildman–Crippen LogP) is 2.45. The number of fused-ring (bicyclic) bond motifs is 1. The van der Waals surface area contributed by atoms with Gasteiger partial charge in [-0.2, -0.15) is 0 Å². The summed E-state index contributed by atoms with van der Waals surface area (Å²) < 4.78 is 5.54. The van der Waals surface area contributed by atoms with Crippen molar-refractivity contribution in [3.05, 3.63) is 75.3 Å². The van der Waals surface area contributed by atoms with Crippen molar-refractivity contribution in [1.82, 2.24) is 19.9 Å². The van der Waals surface area contributed by atoms with E-state index in [4.69, 9.17) is 16.3 Å². The zero-order chi connectivity index (χ0) is 19.5. The molecule has 0 radical (unpaired) electrons. The van der Waals surface area contributed by atoms with Gasteiger partial charge in [-0.15, -0.1) is 0 Å². The highest BCUT2D eigenvalue weighted by Crippen LogP contribution is 2.23. The molecule has 3 heterocycles. The number of aromatic nitrogens is 3. The van der Waals surface area contributed by atoms with Gasteiger partial charge in [0, 0.05) is 18.3 Å². The van der Waals surface area contributed by atoms with E-state index in [2.05, 4.69) is 15.0 Å². The lowest BCUT2D eigenvalue weighted by Crippen LogP contribution is -2.41. The lowest BCUT2D eigenvalue weighted by molar-refractivity contribution is -0.134. The molecule has 4 rings (SSSR count). The molecule has 3 aromatic rings.